The van der Waals surface area contributed by atoms with E-state index < -0.39 is 5.60 Å². The molecule has 2 heterocycles. The number of aliphatic hydroxyl groups is 1. The van der Waals surface area contributed by atoms with Crippen LogP contribution < -0.4 is 0 Å². The average Bonchev–Trinajstić information content (AvgIpc) is 3.11. The third-order valence-electron chi connectivity index (χ3n) is 7.12. The van der Waals surface area contributed by atoms with Crippen LogP contribution in [0.25, 0.3) is 11.1 Å². The highest BCUT2D eigenvalue weighted by Crippen LogP contribution is 2.45. The molecule has 0 radical (unpaired) electrons. The highest BCUT2D eigenvalue weighted by atomic mass is 16.6. The van der Waals surface area contributed by atoms with E-state index in [2.05, 4.69) is 30.3 Å². The van der Waals surface area contributed by atoms with Gasteiger partial charge in [-0.3, -0.25) is 4.90 Å². The van der Waals surface area contributed by atoms with Crippen molar-refractivity contribution < 1.29 is 19.4 Å². The van der Waals surface area contributed by atoms with Gasteiger partial charge in [-0.05, 0) is 47.9 Å². The predicted octanol–water partition coefficient (Wildman–Crippen LogP) is 4.22. The third kappa shape index (κ3) is 3.76. The Morgan fingerprint density at radius 2 is 1.69 bits per heavy atom. The SMILES string of the molecule is N#CCCCC1(O)CC2COCC(C1)N2C(=O)OCC1c2ccccc2-c2ccccc21. The molecule has 5 rings (SSSR count). The smallest absolute Gasteiger partial charge is 0.410 e. The molecule has 0 spiro atoms. The van der Waals surface area contributed by atoms with Crippen molar-refractivity contribution >= 4 is 6.09 Å². The summed E-state index contributed by atoms with van der Waals surface area (Å²) in [6.07, 6.45) is 2.26. The van der Waals surface area contributed by atoms with Gasteiger partial charge in [-0.15, -0.1) is 0 Å². The van der Waals surface area contributed by atoms with Gasteiger partial charge in [0.15, 0.2) is 0 Å². The fourth-order valence-electron chi connectivity index (χ4n) is 5.74. The largest absolute Gasteiger partial charge is 0.448 e. The number of carbonyl (C=O) groups is 1. The van der Waals surface area contributed by atoms with Crippen molar-refractivity contribution in [3.05, 3.63) is 59.7 Å². The summed E-state index contributed by atoms with van der Waals surface area (Å²) in [4.78, 5) is 15.0. The third-order valence-corrected chi connectivity index (χ3v) is 7.12. The first-order valence-corrected chi connectivity index (χ1v) is 11.4. The molecule has 6 nitrogen and oxygen atoms in total. The Kier molecular flexibility index (Phi) is 5.62. The number of benzene rings is 2. The lowest BCUT2D eigenvalue weighted by molar-refractivity contribution is -0.135. The van der Waals surface area contributed by atoms with Gasteiger partial charge in [-0.1, -0.05) is 48.5 Å². The van der Waals surface area contributed by atoms with Crippen LogP contribution in [0, 0.1) is 11.3 Å². The molecule has 2 unspecified atom stereocenters. The molecule has 2 atom stereocenters. The molecule has 2 fully saturated rings. The van der Waals surface area contributed by atoms with Crippen molar-refractivity contribution in [2.24, 2.45) is 0 Å². The minimum atomic E-state index is -0.851. The van der Waals surface area contributed by atoms with Crippen LogP contribution in [0.1, 0.15) is 49.1 Å². The first kappa shape index (κ1) is 21.0. The number of rotatable bonds is 5. The second kappa shape index (κ2) is 8.57. The quantitative estimate of drug-likeness (QED) is 0.715. The van der Waals surface area contributed by atoms with Crippen LogP contribution in [0.3, 0.4) is 0 Å². The minimum Gasteiger partial charge on any atom is -0.448 e. The molecule has 0 aromatic heterocycles. The maximum Gasteiger partial charge on any atom is 0.410 e. The number of ether oxygens (including phenoxy) is 2. The monoisotopic (exact) mass is 432 g/mol. The Morgan fingerprint density at radius 3 is 2.28 bits per heavy atom. The number of carbonyl (C=O) groups excluding carboxylic acids is 1. The average molecular weight is 433 g/mol. The number of fused-ring (bicyclic) bond motifs is 5. The van der Waals surface area contributed by atoms with Gasteiger partial charge in [-0.2, -0.15) is 5.26 Å². The Hall–Kier alpha value is -2.88. The van der Waals surface area contributed by atoms with E-state index in [4.69, 9.17) is 14.7 Å². The molecule has 1 N–H and O–H groups in total. The topological polar surface area (TPSA) is 82.8 Å². The van der Waals surface area contributed by atoms with E-state index in [0.717, 1.165) is 0 Å². The Bertz CT molecular complexity index is 987. The number of unbranched alkanes of at least 4 members (excludes halogenated alkanes) is 1. The molecule has 166 valence electrons. The van der Waals surface area contributed by atoms with Crippen LogP contribution in [0.5, 0.6) is 0 Å². The summed E-state index contributed by atoms with van der Waals surface area (Å²) >= 11 is 0. The summed E-state index contributed by atoms with van der Waals surface area (Å²) in [5, 5.41) is 19.9. The molecule has 1 amide bonds. The predicted molar refractivity (Wildman–Crippen MR) is 119 cm³/mol. The molecular weight excluding hydrogens is 404 g/mol. The van der Waals surface area contributed by atoms with E-state index in [1.807, 2.05) is 24.3 Å². The lowest BCUT2D eigenvalue weighted by atomic mass is 9.78. The lowest BCUT2D eigenvalue weighted by Crippen LogP contribution is -2.63. The Labute approximate surface area is 188 Å². The van der Waals surface area contributed by atoms with Crippen molar-refractivity contribution in [3.63, 3.8) is 0 Å². The Morgan fingerprint density at radius 1 is 1.09 bits per heavy atom. The summed E-state index contributed by atoms with van der Waals surface area (Å²) in [6, 6.07) is 18.3. The summed E-state index contributed by atoms with van der Waals surface area (Å²) in [6.45, 7) is 1.10. The number of hydrogen-bond donors (Lipinski definition) is 1. The van der Waals surface area contributed by atoms with Crippen LogP contribution in [0.2, 0.25) is 0 Å². The summed E-state index contributed by atoms with van der Waals surface area (Å²) in [5.74, 6) is 0.0233. The van der Waals surface area contributed by atoms with Gasteiger partial charge >= 0.3 is 6.09 Å². The lowest BCUT2D eigenvalue weighted by Gasteiger charge is -2.51. The number of hydrogen-bond acceptors (Lipinski definition) is 5. The first-order valence-electron chi connectivity index (χ1n) is 11.4. The number of piperidine rings is 1. The van der Waals surface area contributed by atoms with Crippen LogP contribution in [0.15, 0.2) is 48.5 Å². The summed E-state index contributed by atoms with van der Waals surface area (Å²) < 4.78 is 11.6. The van der Waals surface area contributed by atoms with Crippen molar-refractivity contribution in [1.29, 1.82) is 5.26 Å². The van der Waals surface area contributed by atoms with Gasteiger partial charge in [-0.25, -0.2) is 4.79 Å². The number of nitriles is 1. The molecule has 2 aromatic carbocycles. The zero-order valence-corrected chi connectivity index (χ0v) is 18.1. The van der Waals surface area contributed by atoms with Crippen LogP contribution in [-0.4, -0.2) is 53.6 Å². The first-order chi connectivity index (χ1) is 15.6. The van der Waals surface area contributed by atoms with Gasteiger partial charge in [0.1, 0.15) is 6.61 Å². The zero-order valence-electron chi connectivity index (χ0n) is 18.1. The van der Waals surface area contributed by atoms with Crippen LogP contribution in [0.4, 0.5) is 4.79 Å². The van der Waals surface area contributed by atoms with Gasteiger partial charge < -0.3 is 14.6 Å². The Balaban J connectivity index is 1.29. The molecule has 2 bridgehead atoms. The van der Waals surface area contributed by atoms with E-state index in [1.54, 1.807) is 4.90 Å². The van der Waals surface area contributed by atoms with E-state index in [9.17, 15) is 9.90 Å². The van der Waals surface area contributed by atoms with E-state index in [1.165, 1.54) is 22.3 Å². The maximum atomic E-state index is 13.2. The van der Waals surface area contributed by atoms with Crippen LogP contribution in [-0.2, 0) is 9.47 Å². The maximum absolute atomic E-state index is 13.2. The van der Waals surface area contributed by atoms with Gasteiger partial charge in [0.05, 0.1) is 37.0 Å². The fraction of sp³-hybridized carbons (Fsp3) is 0.462. The van der Waals surface area contributed by atoms with E-state index in [0.29, 0.717) is 45.3 Å². The molecule has 2 aromatic rings. The number of nitrogens with zero attached hydrogens (tertiary/aromatic N) is 2. The van der Waals surface area contributed by atoms with Crippen molar-refractivity contribution in [2.75, 3.05) is 19.8 Å². The number of morpholine rings is 1. The molecule has 0 saturated carbocycles. The fourth-order valence-corrected chi connectivity index (χ4v) is 5.74. The molecule has 3 aliphatic rings. The van der Waals surface area contributed by atoms with Crippen molar-refractivity contribution in [2.45, 2.75) is 55.7 Å². The zero-order chi connectivity index (χ0) is 22.1. The second-order valence-corrected chi connectivity index (χ2v) is 9.20. The van der Waals surface area contributed by atoms with E-state index in [-0.39, 0.29) is 30.7 Å². The molecule has 6 heteroatoms. The van der Waals surface area contributed by atoms with Crippen LogP contribution >= 0.6 is 0 Å². The van der Waals surface area contributed by atoms with Gasteiger partial charge in [0.25, 0.3) is 0 Å². The van der Waals surface area contributed by atoms with Crippen molar-refractivity contribution in [3.8, 4) is 17.2 Å². The van der Waals surface area contributed by atoms with Gasteiger partial charge in [0.2, 0.25) is 0 Å². The normalized spacial score (nSPS) is 26.2. The van der Waals surface area contributed by atoms with E-state index >= 15 is 0 Å². The highest BCUT2D eigenvalue weighted by Gasteiger charge is 2.48. The molecule has 32 heavy (non-hydrogen) atoms. The molecular formula is C26H28N2O4. The molecule has 1 aliphatic carbocycles. The summed E-state index contributed by atoms with van der Waals surface area (Å²) in [5.41, 5.74) is 3.94. The molecule has 2 aliphatic heterocycles. The summed E-state index contributed by atoms with van der Waals surface area (Å²) in [7, 11) is 0. The second-order valence-electron chi connectivity index (χ2n) is 9.20. The van der Waals surface area contributed by atoms with Gasteiger partial charge in [0, 0.05) is 12.3 Å². The number of amides is 1. The highest BCUT2D eigenvalue weighted by molar-refractivity contribution is 5.79. The molecule has 2 saturated heterocycles. The standard InChI is InChI=1S/C26H28N2O4/c27-12-6-5-11-26(30)13-18-15-31-16-19(14-26)28(18)25(29)32-17-24-22-9-3-1-7-20(22)21-8-2-4-10-23(21)24/h1-4,7-10,18-19,24,30H,5-6,11,13-17H2. The minimum absolute atomic E-state index is 0.0233. The van der Waals surface area contributed by atoms with Crippen molar-refractivity contribution in [1.82, 2.24) is 4.90 Å².